The Hall–Kier alpha value is -3.39. The largest absolute Gasteiger partial charge is 0.490 e. The number of aromatic nitrogens is 1. The second-order valence-corrected chi connectivity index (χ2v) is 8.02. The molecular formula is C25H28N2O5S. The van der Waals surface area contributed by atoms with E-state index in [-0.39, 0.29) is 12.5 Å². The van der Waals surface area contributed by atoms with Crippen molar-refractivity contribution < 1.29 is 23.8 Å². The van der Waals surface area contributed by atoms with Gasteiger partial charge in [-0.3, -0.25) is 9.69 Å². The second-order valence-electron chi connectivity index (χ2n) is 7.18. The van der Waals surface area contributed by atoms with Crippen LogP contribution in [0.25, 0.3) is 0 Å². The van der Waals surface area contributed by atoms with Gasteiger partial charge in [0.05, 0.1) is 30.2 Å². The van der Waals surface area contributed by atoms with Gasteiger partial charge in [0.25, 0.3) is 0 Å². The maximum absolute atomic E-state index is 12.6. The van der Waals surface area contributed by atoms with Crippen molar-refractivity contribution in [1.82, 2.24) is 4.98 Å². The van der Waals surface area contributed by atoms with Crippen molar-refractivity contribution in [2.75, 3.05) is 18.1 Å². The van der Waals surface area contributed by atoms with Crippen LogP contribution in [0.2, 0.25) is 0 Å². The van der Waals surface area contributed by atoms with E-state index in [1.807, 2.05) is 37.3 Å². The van der Waals surface area contributed by atoms with Crippen LogP contribution in [-0.2, 0) is 16.1 Å². The number of thiazole rings is 1. The topological polar surface area (TPSA) is 78.0 Å². The van der Waals surface area contributed by atoms with Crippen molar-refractivity contribution in [3.8, 4) is 11.5 Å². The van der Waals surface area contributed by atoms with Crippen LogP contribution >= 0.6 is 11.3 Å². The Labute approximate surface area is 197 Å². The Bertz CT molecular complexity index is 1070. The Morgan fingerprint density at radius 1 is 1.03 bits per heavy atom. The number of ether oxygens (including phenoxy) is 3. The highest BCUT2D eigenvalue weighted by molar-refractivity contribution is 7.14. The number of carbonyl (C=O) groups excluding carboxylic acids is 2. The molecule has 0 saturated carbocycles. The molecule has 8 heteroatoms. The zero-order valence-electron chi connectivity index (χ0n) is 19.1. The number of hydrogen-bond donors (Lipinski definition) is 0. The standard InChI is InChI=1S/C25H28N2O5S/c1-4-6-14-31-22-13-12-19(15-23(22)30-5-2)24(29)32-16-20-17-33-25(26-20)27(18(3)28)21-10-8-7-9-11-21/h7-13,15,17H,4-6,14,16H2,1-3H3. The monoisotopic (exact) mass is 468 g/mol. The molecule has 33 heavy (non-hydrogen) atoms. The highest BCUT2D eigenvalue weighted by Crippen LogP contribution is 2.30. The van der Waals surface area contributed by atoms with Gasteiger partial charge in [0.2, 0.25) is 5.91 Å². The fraction of sp³-hybridized carbons (Fsp3) is 0.320. The SMILES string of the molecule is CCCCOc1ccc(C(=O)OCc2csc(N(C(C)=O)c3ccccc3)n2)cc1OCC. The van der Waals surface area contributed by atoms with E-state index in [4.69, 9.17) is 14.2 Å². The molecule has 0 aliphatic carbocycles. The summed E-state index contributed by atoms with van der Waals surface area (Å²) in [4.78, 5) is 30.8. The molecule has 0 bridgehead atoms. The molecule has 2 aromatic carbocycles. The average Bonchev–Trinajstić information content (AvgIpc) is 3.27. The molecule has 174 valence electrons. The van der Waals surface area contributed by atoms with Crippen LogP contribution in [-0.4, -0.2) is 30.1 Å². The molecule has 0 radical (unpaired) electrons. The Balaban J connectivity index is 1.67. The lowest BCUT2D eigenvalue weighted by Crippen LogP contribution is -2.22. The van der Waals surface area contributed by atoms with Gasteiger partial charge in [-0.2, -0.15) is 0 Å². The minimum Gasteiger partial charge on any atom is -0.490 e. The summed E-state index contributed by atoms with van der Waals surface area (Å²) in [5.41, 5.74) is 1.66. The van der Waals surface area contributed by atoms with Crippen molar-refractivity contribution in [2.45, 2.75) is 40.2 Å². The summed E-state index contributed by atoms with van der Waals surface area (Å²) in [5, 5.41) is 2.30. The molecule has 1 aromatic heterocycles. The van der Waals surface area contributed by atoms with Crippen molar-refractivity contribution >= 4 is 34.0 Å². The number of rotatable bonds is 11. The van der Waals surface area contributed by atoms with E-state index in [0.29, 0.717) is 41.1 Å². The number of benzene rings is 2. The minimum absolute atomic E-state index is 0.00537. The van der Waals surface area contributed by atoms with E-state index < -0.39 is 5.97 Å². The summed E-state index contributed by atoms with van der Waals surface area (Å²) >= 11 is 1.31. The molecule has 7 nitrogen and oxygen atoms in total. The number of nitrogens with zero attached hydrogens (tertiary/aromatic N) is 2. The first-order valence-electron chi connectivity index (χ1n) is 10.9. The van der Waals surface area contributed by atoms with Gasteiger partial charge in [0.1, 0.15) is 6.61 Å². The molecule has 0 unspecified atom stereocenters. The minimum atomic E-state index is -0.489. The first-order valence-corrected chi connectivity index (χ1v) is 11.8. The van der Waals surface area contributed by atoms with Crippen molar-refractivity contribution in [2.24, 2.45) is 0 Å². The van der Waals surface area contributed by atoms with Gasteiger partial charge in [-0.15, -0.1) is 11.3 Å². The molecule has 1 amide bonds. The number of unbranched alkanes of at least 4 members (excludes halogenated alkanes) is 1. The molecule has 0 N–H and O–H groups in total. The summed E-state index contributed by atoms with van der Waals surface area (Å²) in [7, 11) is 0. The Morgan fingerprint density at radius 2 is 1.82 bits per heavy atom. The Morgan fingerprint density at radius 3 is 2.52 bits per heavy atom. The summed E-state index contributed by atoms with van der Waals surface area (Å²) in [6, 6.07) is 14.3. The van der Waals surface area contributed by atoms with Gasteiger partial charge in [-0.1, -0.05) is 31.5 Å². The molecule has 0 aliphatic rings. The van der Waals surface area contributed by atoms with Crippen molar-refractivity contribution in [3.05, 3.63) is 65.2 Å². The van der Waals surface area contributed by atoms with Gasteiger partial charge >= 0.3 is 5.97 Å². The predicted octanol–water partition coefficient (Wildman–Crippen LogP) is 5.76. The zero-order chi connectivity index (χ0) is 23.6. The van der Waals surface area contributed by atoms with Crippen LogP contribution in [0, 0.1) is 0 Å². The van der Waals surface area contributed by atoms with Crippen LogP contribution in [0.4, 0.5) is 10.8 Å². The first kappa shape index (κ1) is 24.3. The van der Waals surface area contributed by atoms with E-state index in [1.165, 1.54) is 23.2 Å². The zero-order valence-corrected chi connectivity index (χ0v) is 19.9. The van der Waals surface area contributed by atoms with Crippen molar-refractivity contribution in [1.29, 1.82) is 0 Å². The quantitative estimate of drug-likeness (QED) is 0.263. The van der Waals surface area contributed by atoms with Crippen LogP contribution in [0.1, 0.15) is 49.7 Å². The lowest BCUT2D eigenvalue weighted by Gasteiger charge is -2.17. The van der Waals surface area contributed by atoms with Crippen LogP contribution in [0.5, 0.6) is 11.5 Å². The highest BCUT2D eigenvalue weighted by atomic mass is 32.1. The smallest absolute Gasteiger partial charge is 0.338 e. The summed E-state index contributed by atoms with van der Waals surface area (Å²) in [6.07, 6.45) is 1.97. The Kier molecular flexibility index (Phi) is 8.83. The normalized spacial score (nSPS) is 10.5. The molecule has 0 atom stereocenters. The maximum Gasteiger partial charge on any atom is 0.338 e. The molecule has 1 heterocycles. The number of amides is 1. The average molecular weight is 469 g/mol. The number of para-hydroxylation sites is 1. The van der Waals surface area contributed by atoms with Crippen LogP contribution in [0.3, 0.4) is 0 Å². The van der Waals surface area contributed by atoms with E-state index in [1.54, 1.807) is 23.6 Å². The lowest BCUT2D eigenvalue weighted by molar-refractivity contribution is -0.115. The number of hydrogen-bond acceptors (Lipinski definition) is 7. The van der Waals surface area contributed by atoms with Gasteiger partial charge < -0.3 is 14.2 Å². The molecule has 0 fully saturated rings. The summed E-state index contributed by atoms with van der Waals surface area (Å²) < 4.78 is 16.8. The number of esters is 1. The number of anilines is 2. The van der Waals surface area contributed by atoms with Crippen molar-refractivity contribution in [3.63, 3.8) is 0 Å². The summed E-state index contributed by atoms with van der Waals surface area (Å²) in [5.74, 6) is 0.482. The maximum atomic E-state index is 12.6. The third kappa shape index (κ3) is 6.55. The fourth-order valence-corrected chi connectivity index (χ4v) is 3.91. The third-order valence-corrected chi connectivity index (χ3v) is 5.52. The number of carbonyl (C=O) groups is 2. The molecular weight excluding hydrogens is 440 g/mol. The highest BCUT2D eigenvalue weighted by Gasteiger charge is 2.19. The van der Waals surface area contributed by atoms with E-state index >= 15 is 0 Å². The molecule has 3 rings (SSSR count). The van der Waals surface area contributed by atoms with E-state index in [2.05, 4.69) is 11.9 Å². The van der Waals surface area contributed by atoms with E-state index in [0.717, 1.165) is 18.5 Å². The predicted molar refractivity (Wildman–Crippen MR) is 129 cm³/mol. The van der Waals surface area contributed by atoms with Gasteiger partial charge in [-0.05, 0) is 43.7 Å². The second kappa shape index (κ2) is 12.0. The lowest BCUT2D eigenvalue weighted by atomic mass is 10.2. The van der Waals surface area contributed by atoms with Crippen LogP contribution in [0.15, 0.2) is 53.9 Å². The van der Waals surface area contributed by atoms with Gasteiger partial charge in [0.15, 0.2) is 16.6 Å². The summed E-state index contributed by atoms with van der Waals surface area (Å²) in [6.45, 7) is 6.50. The third-order valence-electron chi connectivity index (χ3n) is 4.65. The van der Waals surface area contributed by atoms with E-state index in [9.17, 15) is 9.59 Å². The van der Waals surface area contributed by atoms with Gasteiger partial charge in [-0.25, -0.2) is 9.78 Å². The molecule has 0 spiro atoms. The van der Waals surface area contributed by atoms with Gasteiger partial charge in [0, 0.05) is 12.3 Å². The first-order chi connectivity index (χ1) is 16.0. The van der Waals surface area contributed by atoms with Crippen LogP contribution < -0.4 is 14.4 Å². The molecule has 0 aliphatic heterocycles. The fourth-order valence-electron chi connectivity index (χ4n) is 3.04. The molecule has 3 aromatic rings. The molecule has 0 saturated heterocycles.